The van der Waals surface area contributed by atoms with E-state index in [2.05, 4.69) is 5.10 Å². The van der Waals surface area contributed by atoms with Crippen LogP contribution in [0.1, 0.15) is 15.9 Å². The highest BCUT2D eigenvalue weighted by Crippen LogP contribution is 2.20. The second-order valence-corrected chi connectivity index (χ2v) is 7.48. The van der Waals surface area contributed by atoms with Gasteiger partial charge in [0, 0.05) is 18.7 Å². The minimum atomic E-state index is -0.156. The molecule has 8 nitrogen and oxygen atoms in total. The van der Waals surface area contributed by atoms with E-state index in [1.807, 2.05) is 30.3 Å². The molecule has 31 heavy (non-hydrogen) atoms. The summed E-state index contributed by atoms with van der Waals surface area (Å²) >= 11 is 0. The molecular weight excluding hydrogens is 396 g/mol. The first-order chi connectivity index (χ1) is 15.2. The molecule has 1 aliphatic rings. The van der Waals surface area contributed by atoms with Gasteiger partial charge in [-0.05, 0) is 42.0 Å². The molecule has 2 aromatic heterocycles. The zero-order chi connectivity index (χ0) is 21.4. The van der Waals surface area contributed by atoms with Crippen molar-refractivity contribution in [3.63, 3.8) is 0 Å². The fourth-order valence-electron chi connectivity index (χ4n) is 3.98. The van der Waals surface area contributed by atoms with Crippen LogP contribution in [0.15, 0.2) is 59.5 Å². The molecule has 3 heterocycles. The molecule has 2 aromatic carbocycles. The topological polar surface area (TPSA) is 78.1 Å². The monoisotopic (exact) mass is 418 g/mol. The number of hydrogen-bond acceptors (Lipinski definition) is 5. The highest BCUT2D eigenvalue weighted by atomic mass is 16.5. The minimum Gasteiger partial charge on any atom is -0.497 e. The first-order valence-corrected chi connectivity index (χ1v) is 10.2. The summed E-state index contributed by atoms with van der Waals surface area (Å²) in [5.74, 6) is 0.694. The van der Waals surface area contributed by atoms with Crippen molar-refractivity contribution in [2.24, 2.45) is 0 Å². The standard InChI is InChI=1S/C23H22N4O4/c1-30-18-5-2-16(3-6-18)15-26-21-14-17(22(28)25-10-12-31-13-11-25)4-7-19(21)27-20(23(26)29)8-9-24-27/h2-9,14H,10-13,15H2,1H3. The van der Waals surface area contributed by atoms with Crippen LogP contribution in [-0.4, -0.2) is 58.4 Å². The van der Waals surface area contributed by atoms with Crippen molar-refractivity contribution >= 4 is 22.5 Å². The Morgan fingerprint density at radius 1 is 1.03 bits per heavy atom. The van der Waals surface area contributed by atoms with Crippen LogP contribution in [0, 0.1) is 0 Å². The lowest BCUT2D eigenvalue weighted by Crippen LogP contribution is -2.40. The van der Waals surface area contributed by atoms with Gasteiger partial charge in [0.05, 0.1) is 44.1 Å². The number of carbonyl (C=O) groups is 1. The second-order valence-electron chi connectivity index (χ2n) is 7.48. The number of ether oxygens (including phenoxy) is 2. The maximum atomic E-state index is 13.3. The molecule has 0 bridgehead atoms. The van der Waals surface area contributed by atoms with Gasteiger partial charge >= 0.3 is 0 Å². The molecule has 0 spiro atoms. The molecule has 5 rings (SSSR count). The number of hydrogen-bond donors (Lipinski definition) is 0. The van der Waals surface area contributed by atoms with Crippen LogP contribution in [0.2, 0.25) is 0 Å². The highest BCUT2D eigenvalue weighted by molar-refractivity contribution is 5.97. The molecule has 0 aliphatic carbocycles. The second kappa shape index (κ2) is 7.88. The van der Waals surface area contributed by atoms with E-state index >= 15 is 0 Å². The number of methoxy groups -OCH3 is 1. The van der Waals surface area contributed by atoms with Crippen molar-refractivity contribution in [1.29, 1.82) is 0 Å². The van der Waals surface area contributed by atoms with Crippen LogP contribution in [-0.2, 0) is 11.3 Å². The molecule has 8 heteroatoms. The van der Waals surface area contributed by atoms with Crippen LogP contribution in [0.25, 0.3) is 16.6 Å². The van der Waals surface area contributed by atoms with Crippen LogP contribution in [0.5, 0.6) is 5.75 Å². The molecule has 4 aromatic rings. The van der Waals surface area contributed by atoms with Crippen molar-refractivity contribution in [2.45, 2.75) is 6.54 Å². The predicted molar refractivity (Wildman–Crippen MR) is 116 cm³/mol. The predicted octanol–water partition coefficient (Wildman–Crippen LogP) is 2.18. The van der Waals surface area contributed by atoms with Gasteiger partial charge in [0.1, 0.15) is 11.3 Å². The van der Waals surface area contributed by atoms with Crippen LogP contribution < -0.4 is 10.3 Å². The zero-order valence-corrected chi connectivity index (χ0v) is 17.2. The van der Waals surface area contributed by atoms with Crippen LogP contribution >= 0.6 is 0 Å². The van der Waals surface area contributed by atoms with Crippen molar-refractivity contribution < 1.29 is 14.3 Å². The smallest absolute Gasteiger partial charge is 0.277 e. The van der Waals surface area contributed by atoms with Gasteiger partial charge in [-0.3, -0.25) is 9.59 Å². The molecule has 1 saturated heterocycles. The van der Waals surface area contributed by atoms with E-state index in [4.69, 9.17) is 9.47 Å². The third kappa shape index (κ3) is 3.44. The fraction of sp³-hybridized carbons (Fsp3) is 0.261. The summed E-state index contributed by atoms with van der Waals surface area (Å²) in [5.41, 5.74) is 3.27. The number of aromatic nitrogens is 3. The van der Waals surface area contributed by atoms with Crippen LogP contribution in [0.3, 0.4) is 0 Å². The Morgan fingerprint density at radius 3 is 2.55 bits per heavy atom. The van der Waals surface area contributed by atoms with Crippen molar-refractivity contribution in [3.8, 4) is 5.75 Å². The third-order valence-corrected chi connectivity index (χ3v) is 5.65. The molecular formula is C23H22N4O4. The third-order valence-electron chi connectivity index (χ3n) is 5.65. The average Bonchev–Trinajstić information content (AvgIpc) is 3.32. The number of fused-ring (bicyclic) bond motifs is 3. The van der Waals surface area contributed by atoms with Crippen molar-refractivity contribution in [2.75, 3.05) is 33.4 Å². The molecule has 1 aliphatic heterocycles. The average molecular weight is 418 g/mol. The van der Waals surface area contributed by atoms with E-state index in [9.17, 15) is 9.59 Å². The van der Waals surface area contributed by atoms with Crippen molar-refractivity contribution in [3.05, 3.63) is 76.2 Å². The van der Waals surface area contributed by atoms with Gasteiger partial charge < -0.3 is 18.9 Å². The summed E-state index contributed by atoms with van der Waals surface area (Å²) in [6.45, 7) is 2.57. The summed E-state index contributed by atoms with van der Waals surface area (Å²) in [4.78, 5) is 28.1. The lowest BCUT2D eigenvalue weighted by molar-refractivity contribution is 0.0303. The Hall–Kier alpha value is -3.65. The maximum Gasteiger partial charge on any atom is 0.277 e. The highest BCUT2D eigenvalue weighted by Gasteiger charge is 2.20. The summed E-state index contributed by atoms with van der Waals surface area (Å²) in [6.07, 6.45) is 1.61. The van der Waals surface area contributed by atoms with Crippen LogP contribution in [0.4, 0.5) is 0 Å². The first-order valence-electron chi connectivity index (χ1n) is 10.2. The molecule has 0 radical (unpaired) electrons. The molecule has 0 unspecified atom stereocenters. The normalized spacial score (nSPS) is 14.3. The summed E-state index contributed by atoms with van der Waals surface area (Å²) in [6, 6.07) is 14.7. The molecule has 1 amide bonds. The molecule has 158 valence electrons. The Balaban J connectivity index is 1.64. The fourth-order valence-corrected chi connectivity index (χ4v) is 3.98. The van der Waals surface area contributed by atoms with E-state index < -0.39 is 0 Å². The Morgan fingerprint density at radius 2 is 1.81 bits per heavy atom. The Kier molecular flexibility index (Phi) is 4.91. The number of benzene rings is 2. The quantitative estimate of drug-likeness (QED) is 0.508. The molecule has 0 saturated carbocycles. The van der Waals surface area contributed by atoms with E-state index in [1.54, 1.807) is 45.5 Å². The molecule has 1 fully saturated rings. The van der Waals surface area contributed by atoms with E-state index in [1.165, 1.54) is 0 Å². The van der Waals surface area contributed by atoms with E-state index in [0.717, 1.165) is 16.8 Å². The van der Waals surface area contributed by atoms with Gasteiger partial charge in [-0.25, -0.2) is 4.52 Å². The van der Waals surface area contributed by atoms with Gasteiger partial charge in [0.25, 0.3) is 11.5 Å². The minimum absolute atomic E-state index is 0.0609. The Labute approximate surface area is 178 Å². The molecule has 0 atom stereocenters. The molecule has 0 N–H and O–H groups in total. The zero-order valence-electron chi connectivity index (χ0n) is 17.2. The summed E-state index contributed by atoms with van der Waals surface area (Å²) < 4.78 is 13.9. The van der Waals surface area contributed by atoms with Gasteiger partial charge in [-0.1, -0.05) is 12.1 Å². The number of amides is 1. The van der Waals surface area contributed by atoms with E-state index in [0.29, 0.717) is 49.4 Å². The van der Waals surface area contributed by atoms with Gasteiger partial charge in [0.2, 0.25) is 0 Å². The number of rotatable bonds is 4. The Bertz CT molecular complexity index is 1320. The van der Waals surface area contributed by atoms with Gasteiger partial charge in [-0.2, -0.15) is 5.10 Å². The summed E-state index contributed by atoms with van der Waals surface area (Å²) in [7, 11) is 1.62. The van der Waals surface area contributed by atoms with Gasteiger partial charge in [-0.15, -0.1) is 0 Å². The SMILES string of the molecule is COc1ccc(Cn2c(=O)c3ccnn3c3ccc(C(=O)N4CCOCC4)cc32)cc1. The van der Waals surface area contributed by atoms with Gasteiger partial charge in [0.15, 0.2) is 0 Å². The number of nitrogens with zero attached hydrogens (tertiary/aromatic N) is 4. The maximum absolute atomic E-state index is 13.3. The lowest BCUT2D eigenvalue weighted by Gasteiger charge is -2.27. The largest absolute Gasteiger partial charge is 0.497 e. The van der Waals surface area contributed by atoms with Crippen molar-refractivity contribution in [1.82, 2.24) is 19.1 Å². The number of carbonyl (C=O) groups excluding carboxylic acids is 1. The number of morpholine rings is 1. The lowest BCUT2D eigenvalue weighted by atomic mass is 10.1. The first kappa shape index (κ1) is 19.3. The summed E-state index contributed by atoms with van der Waals surface area (Å²) in [5, 5.41) is 4.32. The van der Waals surface area contributed by atoms with E-state index in [-0.39, 0.29) is 11.5 Å².